The smallest absolute Gasteiger partial charge is 0.340 e. The average Bonchev–Trinajstić information content (AvgIpc) is 2.69. The first-order valence-electron chi connectivity index (χ1n) is 8.80. The van der Waals surface area contributed by atoms with Crippen LogP contribution < -0.4 is 10.6 Å². The number of nitrogens with one attached hydrogen (secondary N) is 2. The van der Waals surface area contributed by atoms with E-state index in [0.717, 1.165) is 11.3 Å². The zero-order valence-electron chi connectivity index (χ0n) is 15.6. The highest BCUT2D eigenvalue weighted by molar-refractivity contribution is 6.07. The van der Waals surface area contributed by atoms with Gasteiger partial charge in [-0.3, -0.25) is 4.79 Å². The van der Waals surface area contributed by atoms with E-state index in [0.29, 0.717) is 11.5 Å². The summed E-state index contributed by atoms with van der Waals surface area (Å²) in [7, 11) is 0. The molecule has 0 aliphatic carbocycles. The van der Waals surface area contributed by atoms with Crippen LogP contribution in [0.3, 0.4) is 0 Å². The average molecular weight is 376 g/mol. The van der Waals surface area contributed by atoms with Crippen molar-refractivity contribution in [1.82, 2.24) is 9.97 Å². The van der Waals surface area contributed by atoms with E-state index in [1.165, 1.54) is 12.4 Å². The highest BCUT2D eigenvalue weighted by Gasteiger charge is 2.15. The van der Waals surface area contributed by atoms with Gasteiger partial charge in [0.15, 0.2) is 0 Å². The third-order valence-electron chi connectivity index (χ3n) is 3.85. The van der Waals surface area contributed by atoms with Crippen LogP contribution >= 0.6 is 0 Å². The van der Waals surface area contributed by atoms with Gasteiger partial charge in [0.1, 0.15) is 11.5 Å². The van der Waals surface area contributed by atoms with E-state index >= 15 is 0 Å². The highest BCUT2D eigenvalue weighted by Crippen LogP contribution is 2.18. The van der Waals surface area contributed by atoms with Crippen LogP contribution in [0.5, 0.6) is 0 Å². The first-order chi connectivity index (χ1) is 13.6. The standard InChI is InChI=1S/C21H20N4O3/c1-3-28-21(27)16-9-4-5-10-17(16)25-20(26)18-12-23-19(13-22-18)24-15-8-6-7-14(2)11-15/h4-13H,3H2,1-2H3,(H,23,24)(H,25,26). The molecule has 142 valence electrons. The Labute approximate surface area is 162 Å². The van der Waals surface area contributed by atoms with E-state index < -0.39 is 11.9 Å². The predicted molar refractivity (Wildman–Crippen MR) is 107 cm³/mol. The van der Waals surface area contributed by atoms with E-state index in [9.17, 15) is 9.59 Å². The first kappa shape index (κ1) is 19.0. The second-order valence-corrected chi connectivity index (χ2v) is 6.00. The van der Waals surface area contributed by atoms with Crippen LogP contribution in [0, 0.1) is 6.92 Å². The monoisotopic (exact) mass is 376 g/mol. The van der Waals surface area contributed by atoms with Crippen molar-refractivity contribution >= 4 is 29.1 Å². The summed E-state index contributed by atoms with van der Waals surface area (Å²) < 4.78 is 5.01. The van der Waals surface area contributed by atoms with Crippen molar-refractivity contribution in [2.75, 3.05) is 17.2 Å². The van der Waals surface area contributed by atoms with Crippen molar-refractivity contribution in [2.45, 2.75) is 13.8 Å². The maximum Gasteiger partial charge on any atom is 0.340 e. The molecule has 3 aromatic rings. The molecular weight excluding hydrogens is 356 g/mol. The van der Waals surface area contributed by atoms with Crippen LogP contribution in [0.15, 0.2) is 60.9 Å². The molecule has 1 heterocycles. The third-order valence-corrected chi connectivity index (χ3v) is 3.85. The largest absolute Gasteiger partial charge is 0.462 e. The topological polar surface area (TPSA) is 93.2 Å². The third kappa shape index (κ3) is 4.70. The molecular formula is C21H20N4O3. The Kier molecular flexibility index (Phi) is 5.96. The van der Waals surface area contributed by atoms with Gasteiger partial charge in [-0.25, -0.2) is 14.8 Å². The molecule has 7 heteroatoms. The molecule has 0 saturated heterocycles. The van der Waals surface area contributed by atoms with Gasteiger partial charge in [0.25, 0.3) is 5.91 Å². The Balaban J connectivity index is 1.71. The molecule has 2 aromatic carbocycles. The van der Waals surface area contributed by atoms with Crippen molar-refractivity contribution in [3.63, 3.8) is 0 Å². The molecule has 0 saturated carbocycles. The fourth-order valence-corrected chi connectivity index (χ4v) is 2.55. The number of anilines is 3. The van der Waals surface area contributed by atoms with Crippen LogP contribution in [0.1, 0.15) is 33.3 Å². The van der Waals surface area contributed by atoms with Crippen molar-refractivity contribution in [2.24, 2.45) is 0 Å². The van der Waals surface area contributed by atoms with Gasteiger partial charge in [0.2, 0.25) is 0 Å². The number of nitrogens with zero attached hydrogens (tertiary/aromatic N) is 2. The number of rotatable bonds is 6. The lowest BCUT2D eigenvalue weighted by Gasteiger charge is -2.10. The zero-order valence-corrected chi connectivity index (χ0v) is 15.6. The number of aryl methyl sites for hydroxylation is 1. The second kappa shape index (κ2) is 8.77. The number of esters is 1. The Morgan fingerprint density at radius 2 is 1.86 bits per heavy atom. The van der Waals surface area contributed by atoms with Crippen molar-refractivity contribution in [3.8, 4) is 0 Å². The van der Waals surface area contributed by atoms with Crippen LogP contribution in [-0.2, 0) is 4.74 Å². The number of carbonyl (C=O) groups excluding carboxylic acids is 2. The highest BCUT2D eigenvalue weighted by atomic mass is 16.5. The van der Waals surface area contributed by atoms with E-state index in [1.54, 1.807) is 31.2 Å². The Hall–Kier alpha value is -3.74. The summed E-state index contributed by atoms with van der Waals surface area (Å²) in [6.07, 6.45) is 2.86. The lowest BCUT2D eigenvalue weighted by molar-refractivity contribution is 0.0527. The lowest BCUT2D eigenvalue weighted by atomic mass is 10.1. The summed E-state index contributed by atoms with van der Waals surface area (Å²) in [4.78, 5) is 32.9. The Bertz CT molecular complexity index is 987. The van der Waals surface area contributed by atoms with Crippen molar-refractivity contribution in [3.05, 3.63) is 77.7 Å². The zero-order chi connectivity index (χ0) is 19.9. The summed E-state index contributed by atoms with van der Waals surface area (Å²) in [5.41, 5.74) is 2.77. The number of hydrogen-bond donors (Lipinski definition) is 2. The summed E-state index contributed by atoms with van der Waals surface area (Å²) in [6.45, 7) is 3.97. The van der Waals surface area contributed by atoms with Crippen LogP contribution in [0.2, 0.25) is 0 Å². The molecule has 7 nitrogen and oxygen atoms in total. The molecule has 0 fully saturated rings. The molecule has 0 atom stereocenters. The van der Waals surface area contributed by atoms with Gasteiger partial charge in [0.05, 0.1) is 30.3 Å². The number of amides is 1. The summed E-state index contributed by atoms with van der Waals surface area (Å²) >= 11 is 0. The van der Waals surface area contributed by atoms with Crippen LogP contribution in [-0.4, -0.2) is 28.5 Å². The van der Waals surface area contributed by atoms with E-state index in [4.69, 9.17) is 4.74 Å². The van der Waals surface area contributed by atoms with Crippen LogP contribution in [0.25, 0.3) is 0 Å². The summed E-state index contributed by atoms with van der Waals surface area (Å²) in [6, 6.07) is 14.5. The molecule has 1 amide bonds. The molecule has 28 heavy (non-hydrogen) atoms. The number of hydrogen-bond acceptors (Lipinski definition) is 6. The quantitative estimate of drug-likeness (QED) is 0.633. The molecule has 0 bridgehead atoms. The number of aromatic nitrogens is 2. The Morgan fingerprint density at radius 1 is 1.04 bits per heavy atom. The van der Waals surface area contributed by atoms with Gasteiger partial charge >= 0.3 is 5.97 Å². The lowest BCUT2D eigenvalue weighted by Crippen LogP contribution is -2.17. The normalized spacial score (nSPS) is 10.2. The number of para-hydroxylation sites is 1. The molecule has 2 N–H and O–H groups in total. The van der Waals surface area contributed by atoms with Crippen molar-refractivity contribution in [1.29, 1.82) is 0 Å². The van der Waals surface area contributed by atoms with E-state index in [-0.39, 0.29) is 17.9 Å². The van der Waals surface area contributed by atoms with Gasteiger partial charge in [0, 0.05) is 5.69 Å². The Morgan fingerprint density at radius 3 is 2.57 bits per heavy atom. The predicted octanol–water partition coefficient (Wildman–Crippen LogP) is 3.96. The maximum absolute atomic E-state index is 12.5. The SMILES string of the molecule is CCOC(=O)c1ccccc1NC(=O)c1cnc(Nc2cccc(C)c2)cn1. The molecule has 3 rings (SSSR count). The number of benzene rings is 2. The second-order valence-electron chi connectivity index (χ2n) is 6.00. The van der Waals surface area contributed by atoms with Gasteiger partial charge in [-0.2, -0.15) is 0 Å². The fraction of sp³-hybridized carbons (Fsp3) is 0.143. The van der Waals surface area contributed by atoms with Crippen LogP contribution in [0.4, 0.5) is 17.2 Å². The van der Waals surface area contributed by atoms with Crippen molar-refractivity contribution < 1.29 is 14.3 Å². The van der Waals surface area contributed by atoms with Gasteiger partial charge in [-0.05, 0) is 43.7 Å². The molecule has 0 aliphatic heterocycles. The molecule has 0 aliphatic rings. The molecule has 1 aromatic heterocycles. The molecule has 0 spiro atoms. The molecule has 0 unspecified atom stereocenters. The fourth-order valence-electron chi connectivity index (χ4n) is 2.55. The van der Waals surface area contributed by atoms with Gasteiger partial charge in [-0.15, -0.1) is 0 Å². The minimum atomic E-state index is -0.498. The number of carbonyl (C=O) groups is 2. The summed E-state index contributed by atoms with van der Waals surface area (Å²) in [5.74, 6) is -0.442. The van der Waals surface area contributed by atoms with Gasteiger partial charge in [-0.1, -0.05) is 24.3 Å². The van der Waals surface area contributed by atoms with E-state index in [2.05, 4.69) is 20.6 Å². The van der Waals surface area contributed by atoms with Gasteiger partial charge < -0.3 is 15.4 Å². The number of ether oxygens (including phenoxy) is 1. The first-order valence-corrected chi connectivity index (χ1v) is 8.80. The van der Waals surface area contributed by atoms with E-state index in [1.807, 2.05) is 31.2 Å². The maximum atomic E-state index is 12.5. The minimum Gasteiger partial charge on any atom is -0.462 e. The summed E-state index contributed by atoms with van der Waals surface area (Å²) in [5, 5.41) is 5.81. The minimum absolute atomic E-state index is 0.133. The molecule has 0 radical (unpaired) electrons.